The van der Waals surface area contributed by atoms with E-state index in [0.717, 1.165) is 25.2 Å². The Kier molecular flexibility index (Phi) is 3.06. The van der Waals surface area contributed by atoms with E-state index in [1.54, 1.807) is 0 Å². The van der Waals surface area contributed by atoms with Gasteiger partial charge in [0.05, 0.1) is 12.2 Å². The number of benzene rings is 1. The van der Waals surface area contributed by atoms with Crippen LogP contribution in [0.5, 0.6) is 5.75 Å². The van der Waals surface area contributed by atoms with E-state index in [4.69, 9.17) is 9.47 Å². The molecule has 1 saturated carbocycles. The van der Waals surface area contributed by atoms with Crippen LogP contribution in [0, 0.1) is 0 Å². The molecule has 2 heteroatoms. The Morgan fingerprint density at radius 1 is 1.12 bits per heavy atom. The van der Waals surface area contributed by atoms with Gasteiger partial charge >= 0.3 is 0 Å². The lowest BCUT2D eigenvalue weighted by molar-refractivity contribution is -0.108. The first-order valence-electron chi connectivity index (χ1n) is 6.72. The molecule has 1 spiro atoms. The van der Waals surface area contributed by atoms with Crippen molar-refractivity contribution in [1.29, 1.82) is 0 Å². The van der Waals surface area contributed by atoms with Gasteiger partial charge in [0.25, 0.3) is 0 Å². The first kappa shape index (κ1) is 11.1. The Labute approximate surface area is 103 Å². The quantitative estimate of drug-likeness (QED) is 0.776. The van der Waals surface area contributed by atoms with Crippen LogP contribution in [-0.4, -0.2) is 18.3 Å². The van der Waals surface area contributed by atoms with E-state index in [0.29, 0.717) is 6.10 Å². The van der Waals surface area contributed by atoms with E-state index < -0.39 is 0 Å². The zero-order valence-corrected chi connectivity index (χ0v) is 10.2. The molecule has 0 N–H and O–H groups in total. The Balaban J connectivity index is 1.64. The SMILES string of the molecule is c1ccc(OC2CCOC3(CCCC3)C2)cc1. The number of rotatable bonds is 2. The maximum absolute atomic E-state index is 6.06. The second-order valence-corrected chi connectivity index (χ2v) is 5.28. The van der Waals surface area contributed by atoms with Gasteiger partial charge in [0.15, 0.2) is 0 Å². The van der Waals surface area contributed by atoms with Crippen LogP contribution in [0.3, 0.4) is 0 Å². The predicted molar refractivity (Wildman–Crippen MR) is 67.2 cm³/mol. The van der Waals surface area contributed by atoms with E-state index in [1.165, 1.54) is 25.7 Å². The van der Waals surface area contributed by atoms with Gasteiger partial charge in [0.1, 0.15) is 11.9 Å². The third-order valence-electron chi connectivity index (χ3n) is 4.01. The van der Waals surface area contributed by atoms with E-state index >= 15 is 0 Å². The Morgan fingerprint density at radius 2 is 1.88 bits per heavy atom. The number of hydrogen-bond acceptors (Lipinski definition) is 2. The highest BCUT2D eigenvalue weighted by Crippen LogP contribution is 2.40. The third-order valence-corrected chi connectivity index (χ3v) is 4.01. The molecule has 1 aromatic carbocycles. The molecular formula is C15H20O2. The molecule has 17 heavy (non-hydrogen) atoms. The lowest BCUT2D eigenvalue weighted by Crippen LogP contribution is -2.41. The lowest BCUT2D eigenvalue weighted by Gasteiger charge is -2.38. The van der Waals surface area contributed by atoms with Crippen LogP contribution in [0.4, 0.5) is 0 Å². The molecule has 1 aromatic rings. The minimum absolute atomic E-state index is 0.150. The molecule has 3 rings (SSSR count). The fourth-order valence-electron chi connectivity index (χ4n) is 3.14. The van der Waals surface area contributed by atoms with Crippen molar-refractivity contribution in [1.82, 2.24) is 0 Å². The van der Waals surface area contributed by atoms with Gasteiger partial charge in [-0.15, -0.1) is 0 Å². The molecule has 0 radical (unpaired) electrons. The molecule has 0 amide bonds. The second kappa shape index (κ2) is 4.69. The summed E-state index contributed by atoms with van der Waals surface area (Å²) in [7, 11) is 0. The van der Waals surface area contributed by atoms with Crippen molar-refractivity contribution in [3.05, 3.63) is 30.3 Å². The van der Waals surface area contributed by atoms with Gasteiger partial charge in [-0.2, -0.15) is 0 Å². The average Bonchev–Trinajstić information content (AvgIpc) is 2.79. The van der Waals surface area contributed by atoms with Crippen molar-refractivity contribution in [2.75, 3.05) is 6.61 Å². The summed E-state index contributed by atoms with van der Waals surface area (Å²) in [4.78, 5) is 0. The summed E-state index contributed by atoms with van der Waals surface area (Å²) in [6.07, 6.45) is 7.52. The summed E-state index contributed by atoms with van der Waals surface area (Å²) in [5.41, 5.74) is 0.150. The van der Waals surface area contributed by atoms with Crippen LogP contribution in [0.1, 0.15) is 38.5 Å². The van der Waals surface area contributed by atoms with Crippen molar-refractivity contribution in [2.45, 2.75) is 50.2 Å². The average molecular weight is 232 g/mol. The van der Waals surface area contributed by atoms with Gasteiger partial charge in [-0.3, -0.25) is 0 Å². The minimum atomic E-state index is 0.150. The summed E-state index contributed by atoms with van der Waals surface area (Å²) < 4.78 is 12.1. The lowest BCUT2D eigenvalue weighted by atomic mass is 9.90. The highest BCUT2D eigenvalue weighted by molar-refractivity contribution is 5.21. The van der Waals surface area contributed by atoms with Gasteiger partial charge in [0.2, 0.25) is 0 Å². The topological polar surface area (TPSA) is 18.5 Å². The Hall–Kier alpha value is -1.02. The van der Waals surface area contributed by atoms with Crippen molar-refractivity contribution in [3.8, 4) is 5.75 Å². The first-order valence-corrected chi connectivity index (χ1v) is 6.72. The van der Waals surface area contributed by atoms with Gasteiger partial charge in [-0.25, -0.2) is 0 Å². The first-order chi connectivity index (χ1) is 8.36. The van der Waals surface area contributed by atoms with Crippen molar-refractivity contribution < 1.29 is 9.47 Å². The van der Waals surface area contributed by atoms with Crippen LogP contribution < -0.4 is 4.74 Å². The number of ether oxygens (including phenoxy) is 2. The van der Waals surface area contributed by atoms with Crippen LogP contribution >= 0.6 is 0 Å². The molecule has 0 aromatic heterocycles. The van der Waals surface area contributed by atoms with E-state index in [-0.39, 0.29) is 5.60 Å². The summed E-state index contributed by atoms with van der Waals surface area (Å²) in [5, 5.41) is 0. The van der Waals surface area contributed by atoms with Gasteiger partial charge in [-0.1, -0.05) is 31.0 Å². The molecule has 2 fully saturated rings. The maximum atomic E-state index is 6.06. The molecule has 1 heterocycles. The van der Waals surface area contributed by atoms with Crippen molar-refractivity contribution >= 4 is 0 Å². The van der Waals surface area contributed by atoms with Crippen LogP contribution in [0.15, 0.2) is 30.3 Å². The van der Waals surface area contributed by atoms with E-state index in [1.807, 2.05) is 30.3 Å². The van der Waals surface area contributed by atoms with Gasteiger partial charge in [-0.05, 0) is 25.0 Å². The highest BCUT2D eigenvalue weighted by atomic mass is 16.5. The molecule has 1 saturated heterocycles. The Bertz CT molecular complexity index is 354. The van der Waals surface area contributed by atoms with Gasteiger partial charge < -0.3 is 9.47 Å². The normalized spacial score (nSPS) is 27.2. The third kappa shape index (κ3) is 2.47. The van der Waals surface area contributed by atoms with Crippen LogP contribution in [0.2, 0.25) is 0 Å². The van der Waals surface area contributed by atoms with Crippen molar-refractivity contribution in [2.24, 2.45) is 0 Å². The molecule has 92 valence electrons. The van der Waals surface area contributed by atoms with Crippen molar-refractivity contribution in [3.63, 3.8) is 0 Å². The molecule has 1 aliphatic heterocycles. The fraction of sp³-hybridized carbons (Fsp3) is 0.600. The monoisotopic (exact) mass is 232 g/mol. The molecule has 1 aliphatic carbocycles. The molecule has 0 bridgehead atoms. The fourth-order valence-corrected chi connectivity index (χ4v) is 3.14. The van der Waals surface area contributed by atoms with Crippen LogP contribution in [-0.2, 0) is 4.74 Å². The summed E-state index contributed by atoms with van der Waals surface area (Å²) in [6, 6.07) is 10.2. The molecular weight excluding hydrogens is 212 g/mol. The summed E-state index contributed by atoms with van der Waals surface area (Å²) in [5.74, 6) is 0.993. The summed E-state index contributed by atoms with van der Waals surface area (Å²) >= 11 is 0. The molecule has 2 aliphatic rings. The standard InChI is InChI=1S/C15H20O2/c1-2-6-13(7-3-1)17-14-8-11-16-15(12-14)9-4-5-10-15/h1-3,6-7,14H,4-5,8-12H2. The smallest absolute Gasteiger partial charge is 0.119 e. The second-order valence-electron chi connectivity index (χ2n) is 5.28. The zero-order chi connectivity index (χ0) is 11.6. The number of hydrogen-bond donors (Lipinski definition) is 0. The highest BCUT2D eigenvalue weighted by Gasteiger charge is 2.40. The number of para-hydroxylation sites is 1. The van der Waals surface area contributed by atoms with Gasteiger partial charge in [0, 0.05) is 12.8 Å². The Morgan fingerprint density at radius 3 is 2.65 bits per heavy atom. The largest absolute Gasteiger partial charge is 0.490 e. The zero-order valence-electron chi connectivity index (χ0n) is 10.2. The maximum Gasteiger partial charge on any atom is 0.119 e. The van der Waals surface area contributed by atoms with E-state index in [2.05, 4.69) is 0 Å². The molecule has 2 nitrogen and oxygen atoms in total. The summed E-state index contributed by atoms with van der Waals surface area (Å²) in [6.45, 7) is 0.859. The van der Waals surface area contributed by atoms with Crippen LogP contribution in [0.25, 0.3) is 0 Å². The minimum Gasteiger partial charge on any atom is -0.490 e. The van der Waals surface area contributed by atoms with E-state index in [9.17, 15) is 0 Å². The predicted octanol–water partition coefficient (Wildman–Crippen LogP) is 3.56. The molecule has 1 atom stereocenters. The molecule has 1 unspecified atom stereocenters.